The van der Waals surface area contributed by atoms with Gasteiger partial charge in [0.05, 0.1) is 18.2 Å². The van der Waals surface area contributed by atoms with Crippen molar-refractivity contribution in [2.75, 3.05) is 0 Å². The lowest BCUT2D eigenvalue weighted by Gasteiger charge is -2.37. The van der Waals surface area contributed by atoms with Gasteiger partial charge in [0.15, 0.2) is 5.11 Å². The molecule has 0 amide bonds. The van der Waals surface area contributed by atoms with Crippen LogP contribution in [0.4, 0.5) is 8.78 Å². The van der Waals surface area contributed by atoms with Gasteiger partial charge in [0.25, 0.3) is 5.89 Å². The van der Waals surface area contributed by atoms with Crippen LogP contribution in [0.1, 0.15) is 30.0 Å². The highest BCUT2D eigenvalue weighted by Crippen LogP contribution is 2.38. The number of hydrogen-bond donors (Lipinski definition) is 1. The van der Waals surface area contributed by atoms with E-state index in [0.29, 0.717) is 33.3 Å². The number of nitrogens with zero attached hydrogens (tertiary/aromatic N) is 3. The highest BCUT2D eigenvalue weighted by molar-refractivity contribution is 7.80. The summed E-state index contributed by atoms with van der Waals surface area (Å²) in [5.74, 6) is 0.0180. The smallest absolute Gasteiger partial charge is 0.258 e. The Balaban J connectivity index is 1.62. The quantitative estimate of drug-likeness (QED) is 0.365. The van der Waals surface area contributed by atoms with E-state index in [2.05, 4.69) is 15.5 Å². The lowest BCUT2D eigenvalue weighted by molar-refractivity contribution is 0.395. The second-order valence-corrected chi connectivity index (χ2v) is 8.29. The van der Waals surface area contributed by atoms with Gasteiger partial charge in [0, 0.05) is 16.8 Å². The first-order valence-electron chi connectivity index (χ1n) is 10.7. The average molecular weight is 475 g/mol. The lowest BCUT2D eigenvalue weighted by atomic mass is 9.94. The van der Waals surface area contributed by atoms with Crippen molar-refractivity contribution >= 4 is 22.9 Å². The third kappa shape index (κ3) is 4.20. The number of rotatable bonds is 5. The maximum Gasteiger partial charge on any atom is 0.258 e. The molecule has 1 atom stereocenters. The van der Waals surface area contributed by atoms with E-state index in [1.165, 1.54) is 18.2 Å². The highest BCUT2D eigenvalue weighted by Gasteiger charge is 2.34. The van der Waals surface area contributed by atoms with Crippen LogP contribution in [0.5, 0.6) is 0 Å². The molecule has 0 fully saturated rings. The summed E-state index contributed by atoms with van der Waals surface area (Å²) in [5.41, 5.74) is 3.31. The van der Waals surface area contributed by atoms with Crippen molar-refractivity contribution < 1.29 is 13.3 Å². The molecule has 4 aromatic rings. The van der Waals surface area contributed by atoms with E-state index < -0.39 is 6.04 Å². The third-order valence-corrected chi connectivity index (χ3v) is 6.09. The molecule has 1 aliphatic heterocycles. The number of halogens is 2. The van der Waals surface area contributed by atoms with Crippen molar-refractivity contribution in [3.05, 3.63) is 113 Å². The molecule has 1 aliphatic rings. The Morgan fingerprint density at radius 2 is 1.76 bits per heavy atom. The molecule has 0 saturated carbocycles. The Hall–Kier alpha value is -3.91. The van der Waals surface area contributed by atoms with Gasteiger partial charge in [-0.25, -0.2) is 8.78 Å². The van der Waals surface area contributed by atoms with Crippen molar-refractivity contribution in [3.63, 3.8) is 0 Å². The van der Waals surface area contributed by atoms with Gasteiger partial charge >= 0.3 is 0 Å². The second kappa shape index (κ2) is 9.15. The molecule has 0 saturated heterocycles. The third-order valence-electron chi connectivity index (χ3n) is 5.75. The van der Waals surface area contributed by atoms with Crippen molar-refractivity contribution in [2.45, 2.75) is 19.5 Å². The summed E-state index contributed by atoms with van der Waals surface area (Å²) in [6.45, 7) is 2.07. The number of aromatic nitrogens is 2. The van der Waals surface area contributed by atoms with E-state index >= 15 is 0 Å². The first-order valence-corrected chi connectivity index (χ1v) is 11.1. The largest absolute Gasteiger partial charge is 0.351 e. The van der Waals surface area contributed by atoms with Crippen LogP contribution < -0.4 is 5.32 Å². The fourth-order valence-corrected chi connectivity index (χ4v) is 4.34. The van der Waals surface area contributed by atoms with Crippen molar-refractivity contribution in [2.24, 2.45) is 0 Å². The predicted molar refractivity (Wildman–Crippen MR) is 129 cm³/mol. The molecular formula is C26H20F2N4OS. The minimum atomic E-state index is -0.524. The Morgan fingerprint density at radius 3 is 2.53 bits per heavy atom. The first-order chi connectivity index (χ1) is 16.5. The van der Waals surface area contributed by atoms with Gasteiger partial charge in [-0.2, -0.15) is 4.98 Å². The zero-order valence-corrected chi connectivity index (χ0v) is 19.0. The highest BCUT2D eigenvalue weighted by atomic mass is 32.1. The Kier molecular flexibility index (Phi) is 5.90. The van der Waals surface area contributed by atoms with Gasteiger partial charge in [-0.05, 0) is 42.9 Å². The van der Waals surface area contributed by atoms with E-state index in [-0.39, 0.29) is 24.1 Å². The van der Waals surface area contributed by atoms with Crippen LogP contribution >= 0.6 is 12.2 Å². The van der Waals surface area contributed by atoms with Gasteiger partial charge in [-0.3, -0.25) is 0 Å². The molecule has 1 aromatic heterocycles. The monoisotopic (exact) mass is 474 g/mol. The molecule has 0 aliphatic carbocycles. The fraction of sp³-hybridized carbons (Fsp3) is 0.115. The van der Waals surface area contributed by atoms with E-state index in [1.807, 2.05) is 37.3 Å². The van der Waals surface area contributed by atoms with Crippen molar-refractivity contribution in [1.82, 2.24) is 20.4 Å². The van der Waals surface area contributed by atoms with E-state index in [1.54, 1.807) is 35.2 Å². The van der Waals surface area contributed by atoms with Crippen LogP contribution in [-0.2, 0) is 6.54 Å². The lowest BCUT2D eigenvalue weighted by Crippen LogP contribution is -2.45. The maximum atomic E-state index is 14.4. The molecular weight excluding hydrogens is 454 g/mol. The zero-order chi connectivity index (χ0) is 23.7. The molecule has 170 valence electrons. The molecule has 0 radical (unpaired) electrons. The number of thiocarbonyl (C=S) groups is 1. The summed E-state index contributed by atoms with van der Waals surface area (Å²) < 4.78 is 34.2. The van der Waals surface area contributed by atoms with Crippen molar-refractivity contribution in [1.29, 1.82) is 0 Å². The van der Waals surface area contributed by atoms with Crippen LogP contribution in [0.2, 0.25) is 0 Å². The van der Waals surface area contributed by atoms with E-state index in [4.69, 9.17) is 16.7 Å². The Morgan fingerprint density at radius 1 is 1.00 bits per heavy atom. The van der Waals surface area contributed by atoms with Gasteiger partial charge in [0.1, 0.15) is 11.6 Å². The molecule has 5 nitrogen and oxygen atoms in total. The Bertz CT molecular complexity index is 1390. The van der Waals surface area contributed by atoms with Crippen LogP contribution in [0, 0.1) is 11.6 Å². The Labute approximate surface area is 200 Å². The second-order valence-electron chi connectivity index (χ2n) is 7.90. The molecule has 3 aromatic carbocycles. The summed E-state index contributed by atoms with van der Waals surface area (Å²) in [7, 11) is 0. The van der Waals surface area contributed by atoms with Crippen LogP contribution in [-0.4, -0.2) is 20.2 Å². The van der Waals surface area contributed by atoms with E-state index in [0.717, 1.165) is 5.56 Å². The molecule has 2 heterocycles. The van der Waals surface area contributed by atoms with Crippen LogP contribution in [0.3, 0.4) is 0 Å². The molecule has 34 heavy (non-hydrogen) atoms. The summed E-state index contributed by atoms with van der Waals surface area (Å²) in [6, 6.07) is 21.7. The summed E-state index contributed by atoms with van der Waals surface area (Å²) in [4.78, 5) is 6.41. The van der Waals surface area contributed by atoms with Crippen molar-refractivity contribution in [3.8, 4) is 11.4 Å². The summed E-state index contributed by atoms with van der Waals surface area (Å²) >= 11 is 5.64. The van der Waals surface area contributed by atoms with E-state index in [9.17, 15) is 8.78 Å². The van der Waals surface area contributed by atoms with Gasteiger partial charge in [0.2, 0.25) is 5.82 Å². The summed E-state index contributed by atoms with van der Waals surface area (Å²) in [6.07, 6.45) is 0. The topological polar surface area (TPSA) is 54.2 Å². The zero-order valence-electron chi connectivity index (χ0n) is 18.2. The summed E-state index contributed by atoms with van der Waals surface area (Å²) in [5, 5.41) is 7.80. The molecule has 1 unspecified atom stereocenters. The number of benzene rings is 3. The van der Waals surface area contributed by atoms with Gasteiger partial charge in [-0.15, -0.1) is 0 Å². The molecule has 0 spiro atoms. The molecule has 1 N–H and O–H groups in total. The number of allylic oxidation sites excluding steroid dienone is 1. The molecule has 0 bridgehead atoms. The fourth-order valence-electron chi connectivity index (χ4n) is 4.02. The van der Waals surface area contributed by atoms with Gasteiger partial charge < -0.3 is 14.7 Å². The standard InChI is InChI=1S/C26H20F2N4OS/c1-16-22(25-30-24(31-33-25)17-8-3-2-4-9-17)23(18-11-7-12-20(27)14-18)29-26(34)32(16)15-19-10-5-6-13-21(19)28/h2-14,23H,15H2,1H3,(H,29,34). The van der Waals surface area contributed by atoms with Crippen LogP contribution in [0.25, 0.3) is 17.0 Å². The SMILES string of the molecule is CC1=C(c2nc(-c3ccccc3)no2)C(c2cccc(F)c2)NC(=S)N1Cc1ccccc1F. The van der Waals surface area contributed by atoms with Crippen LogP contribution in [0.15, 0.2) is 89.1 Å². The van der Waals surface area contributed by atoms with Gasteiger partial charge in [-0.1, -0.05) is 65.8 Å². The minimum Gasteiger partial charge on any atom is -0.351 e. The number of hydrogen-bond acceptors (Lipinski definition) is 4. The minimum absolute atomic E-state index is 0.212. The normalized spacial score (nSPS) is 16.0. The maximum absolute atomic E-state index is 14.4. The predicted octanol–water partition coefficient (Wildman–Crippen LogP) is 5.88. The first kappa shape index (κ1) is 21.9. The number of nitrogens with one attached hydrogen (secondary N) is 1. The molecule has 5 rings (SSSR count). The molecule has 8 heteroatoms. The average Bonchev–Trinajstić information content (AvgIpc) is 3.33.